The van der Waals surface area contributed by atoms with Crippen molar-refractivity contribution >= 4 is 33.2 Å². The van der Waals surface area contributed by atoms with Gasteiger partial charge in [0.05, 0.1) is 34.3 Å². The van der Waals surface area contributed by atoms with E-state index < -0.39 is 22.0 Å². The topological polar surface area (TPSA) is 84.9 Å². The summed E-state index contributed by atoms with van der Waals surface area (Å²) < 4.78 is 39.5. The average Bonchev–Trinajstić information content (AvgIpc) is 2.86. The van der Waals surface area contributed by atoms with Crippen LogP contribution >= 0.6 is 11.6 Å². The summed E-state index contributed by atoms with van der Waals surface area (Å²) in [6.45, 7) is 4.16. The largest absolute Gasteiger partial charge is 0.486 e. The summed E-state index contributed by atoms with van der Waals surface area (Å²) in [6, 6.07) is 20.0. The third-order valence-corrected chi connectivity index (χ3v) is 7.29. The zero-order valence-electron chi connectivity index (χ0n) is 18.2. The second-order valence-corrected chi connectivity index (χ2v) is 9.78. The minimum Gasteiger partial charge on any atom is -0.486 e. The van der Waals surface area contributed by atoms with Gasteiger partial charge in [0.2, 0.25) is 0 Å². The van der Waals surface area contributed by atoms with Gasteiger partial charge in [-0.2, -0.15) is 0 Å². The van der Waals surface area contributed by atoms with Crippen molar-refractivity contribution in [2.45, 2.75) is 11.0 Å². The first-order chi connectivity index (χ1) is 16.4. The molecule has 3 aromatic rings. The fourth-order valence-electron chi connectivity index (χ4n) is 3.49. The molecular weight excluding hydrogens is 476 g/mol. The Morgan fingerprint density at radius 1 is 1.09 bits per heavy atom. The summed E-state index contributed by atoms with van der Waals surface area (Å²) in [6.07, 6.45) is 1.10. The number of fused-ring (bicyclic) bond motifs is 1. The highest BCUT2D eigenvalue weighted by Crippen LogP contribution is 2.31. The van der Waals surface area contributed by atoms with E-state index in [0.29, 0.717) is 17.2 Å². The highest BCUT2D eigenvalue weighted by molar-refractivity contribution is 7.92. The number of ether oxygens (including phenoxy) is 2. The van der Waals surface area contributed by atoms with Crippen molar-refractivity contribution in [3.05, 3.63) is 96.0 Å². The number of amides is 1. The second kappa shape index (κ2) is 10.2. The number of benzene rings is 3. The lowest BCUT2D eigenvalue weighted by atomic mass is 10.2. The molecule has 1 heterocycles. The zero-order chi connectivity index (χ0) is 24.1. The van der Waals surface area contributed by atoms with Crippen LogP contribution in [0.2, 0.25) is 5.02 Å². The molecule has 0 saturated heterocycles. The van der Waals surface area contributed by atoms with Crippen LogP contribution in [0, 0.1) is 0 Å². The molecule has 1 aliphatic heterocycles. The van der Waals surface area contributed by atoms with E-state index in [-0.39, 0.29) is 35.2 Å². The minimum absolute atomic E-state index is 0.0477. The van der Waals surface area contributed by atoms with E-state index in [1.54, 1.807) is 42.5 Å². The van der Waals surface area contributed by atoms with E-state index in [1.807, 2.05) is 12.1 Å². The molecule has 1 amide bonds. The molecule has 1 aliphatic rings. The summed E-state index contributed by atoms with van der Waals surface area (Å²) in [5, 5.41) is 2.89. The number of hydrogen-bond acceptors (Lipinski definition) is 5. The first-order valence-electron chi connectivity index (χ1n) is 10.5. The summed E-state index contributed by atoms with van der Waals surface area (Å²) in [5.74, 6) is 0.732. The highest BCUT2D eigenvalue weighted by atomic mass is 35.5. The van der Waals surface area contributed by atoms with Gasteiger partial charge in [-0.05, 0) is 42.5 Å². The number of sulfonamides is 1. The van der Waals surface area contributed by atoms with Crippen LogP contribution in [0.25, 0.3) is 0 Å². The summed E-state index contributed by atoms with van der Waals surface area (Å²) >= 11 is 6.25. The van der Waals surface area contributed by atoms with Crippen molar-refractivity contribution in [3.8, 4) is 11.5 Å². The van der Waals surface area contributed by atoms with E-state index in [2.05, 4.69) is 11.9 Å². The molecule has 0 fully saturated rings. The number of halogens is 1. The van der Waals surface area contributed by atoms with Gasteiger partial charge >= 0.3 is 0 Å². The molecule has 0 radical (unpaired) electrons. The van der Waals surface area contributed by atoms with E-state index in [9.17, 15) is 13.2 Å². The Bertz CT molecular complexity index is 1300. The van der Waals surface area contributed by atoms with E-state index in [1.165, 1.54) is 28.6 Å². The van der Waals surface area contributed by atoms with Crippen LogP contribution in [0.5, 0.6) is 11.5 Å². The molecule has 0 spiro atoms. The fraction of sp³-hybridized carbons (Fsp3) is 0.160. The second-order valence-electron chi connectivity index (χ2n) is 7.51. The van der Waals surface area contributed by atoms with Gasteiger partial charge in [-0.3, -0.25) is 9.10 Å². The molecule has 0 saturated carbocycles. The standard InChI is InChI=1S/C25H23ClN2O5S/c1-2-14-28(18-8-4-3-5-9-18)34(30,31)20-12-13-22(26)21(15-20)25(29)27-16-19-17-32-23-10-6-7-11-24(23)33-19/h2-13,15,19H,1,14,16-17H2,(H,27,29). The SMILES string of the molecule is C=CCN(c1ccccc1)S(=O)(=O)c1ccc(Cl)c(C(=O)NCC2COc3ccccc3O2)c1. The Morgan fingerprint density at radius 2 is 1.79 bits per heavy atom. The maximum atomic E-state index is 13.4. The quantitative estimate of drug-likeness (QED) is 0.468. The molecule has 0 aromatic heterocycles. The average molecular weight is 499 g/mol. The number of nitrogens with one attached hydrogen (secondary N) is 1. The van der Waals surface area contributed by atoms with Crippen LogP contribution in [-0.2, 0) is 10.0 Å². The first kappa shape index (κ1) is 23.7. The molecule has 0 aliphatic carbocycles. The van der Waals surface area contributed by atoms with Gasteiger partial charge in [0, 0.05) is 0 Å². The fourth-order valence-corrected chi connectivity index (χ4v) is 5.15. The molecule has 3 aromatic carbocycles. The molecule has 7 nitrogen and oxygen atoms in total. The number of hydrogen-bond donors (Lipinski definition) is 1. The van der Waals surface area contributed by atoms with Crippen molar-refractivity contribution in [2.75, 3.05) is 24.0 Å². The highest BCUT2D eigenvalue weighted by Gasteiger charge is 2.27. The predicted octanol–water partition coefficient (Wildman–Crippen LogP) is 4.29. The van der Waals surface area contributed by atoms with Gasteiger partial charge in [0.25, 0.3) is 15.9 Å². The number of anilines is 1. The minimum atomic E-state index is -3.98. The van der Waals surface area contributed by atoms with Crippen LogP contribution in [-0.4, -0.2) is 40.1 Å². The van der Waals surface area contributed by atoms with Crippen molar-refractivity contribution in [1.82, 2.24) is 5.32 Å². The number of carbonyl (C=O) groups is 1. The van der Waals surface area contributed by atoms with E-state index >= 15 is 0 Å². The smallest absolute Gasteiger partial charge is 0.264 e. The molecule has 1 N–H and O–H groups in total. The lowest BCUT2D eigenvalue weighted by molar-refractivity contribution is 0.0789. The van der Waals surface area contributed by atoms with Crippen LogP contribution in [0.15, 0.2) is 90.3 Å². The molecule has 176 valence electrons. The van der Waals surface area contributed by atoms with Gasteiger partial charge in [0.1, 0.15) is 12.7 Å². The number of carbonyl (C=O) groups excluding carboxylic acids is 1. The Morgan fingerprint density at radius 3 is 2.53 bits per heavy atom. The molecule has 1 atom stereocenters. The predicted molar refractivity (Wildman–Crippen MR) is 131 cm³/mol. The van der Waals surface area contributed by atoms with Crippen molar-refractivity contribution in [1.29, 1.82) is 0 Å². The van der Waals surface area contributed by atoms with Crippen LogP contribution in [0.3, 0.4) is 0 Å². The normalized spacial score (nSPS) is 14.8. The summed E-state index contributed by atoms with van der Waals surface area (Å²) in [7, 11) is -3.98. The maximum absolute atomic E-state index is 13.4. The monoisotopic (exact) mass is 498 g/mol. The van der Waals surface area contributed by atoms with Crippen molar-refractivity contribution in [3.63, 3.8) is 0 Å². The first-order valence-corrected chi connectivity index (χ1v) is 12.4. The van der Waals surface area contributed by atoms with E-state index in [0.717, 1.165) is 0 Å². The van der Waals surface area contributed by atoms with Gasteiger partial charge in [-0.1, -0.05) is 48.0 Å². The lowest BCUT2D eigenvalue weighted by Crippen LogP contribution is -2.40. The van der Waals surface area contributed by atoms with Crippen molar-refractivity contribution < 1.29 is 22.7 Å². The number of rotatable bonds is 8. The van der Waals surface area contributed by atoms with Crippen molar-refractivity contribution in [2.24, 2.45) is 0 Å². The third kappa shape index (κ3) is 5.03. The van der Waals surface area contributed by atoms with E-state index in [4.69, 9.17) is 21.1 Å². The molecule has 0 bridgehead atoms. The zero-order valence-corrected chi connectivity index (χ0v) is 19.8. The molecule has 1 unspecified atom stereocenters. The lowest BCUT2D eigenvalue weighted by Gasteiger charge is -2.26. The van der Waals surface area contributed by atoms with Gasteiger partial charge in [-0.25, -0.2) is 8.42 Å². The van der Waals surface area contributed by atoms with Crippen LogP contribution in [0.1, 0.15) is 10.4 Å². The molecule has 34 heavy (non-hydrogen) atoms. The van der Waals surface area contributed by atoms with Crippen LogP contribution < -0.4 is 19.1 Å². The Balaban J connectivity index is 1.52. The maximum Gasteiger partial charge on any atom is 0.264 e. The molecule has 9 heteroatoms. The molecular formula is C25H23ClN2O5S. The van der Waals surface area contributed by atoms with Gasteiger partial charge in [0.15, 0.2) is 11.5 Å². The third-order valence-electron chi connectivity index (χ3n) is 5.17. The summed E-state index contributed by atoms with van der Waals surface area (Å²) in [5.41, 5.74) is 0.532. The Hall–Kier alpha value is -3.49. The Labute approximate surface area is 203 Å². The van der Waals surface area contributed by atoms with Gasteiger partial charge < -0.3 is 14.8 Å². The Kier molecular flexibility index (Phi) is 7.09. The number of para-hydroxylation sites is 3. The summed E-state index contributed by atoms with van der Waals surface area (Å²) in [4.78, 5) is 12.8. The molecule has 4 rings (SSSR count). The number of nitrogens with zero attached hydrogens (tertiary/aromatic N) is 1. The van der Waals surface area contributed by atoms with Crippen LogP contribution in [0.4, 0.5) is 5.69 Å². The van der Waals surface area contributed by atoms with Gasteiger partial charge in [-0.15, -0.1) is 6.58 Å².